The van der Waals surface area contributed by atoms with Gasteiger partial charge in [0.25, 0.3) is 5.91 Å². The van der Waals surface area contributed by atoms with Gasteiger partial charge in [-0.1, -0.05) is 0 Å². The van der Waals surface area contributed by atoms with E-state index in [-0.39, 0.29) is 16.5 Å². The number of thiazole rings is 1. The third-order valence-electron chi connectivity index (χ3n) is 2.26. The lowest BCUT2D eigenvalue weighted by Crippen LogP contribution is -2.40. The average Bonchev–Trinajstić information content (AvgIpc) is 2.78. The van der Waals surface area contributed by atoms with Crippen molar-refractivity contribution >= 4 is 23.2 Å². The first kappa shape index (κ1) is 11.0. The molecule has 0 radical (unpaired) electrons. The number of ether oxygens (including phenoxy) is 1. The zero-order chi connectivity index (χ0) is 11.5. The molecule has 0 unspecified atom stereocenters. The Morgan fingerprint density at radius 1 is 1.44 bits per heavy atom. The molecule has 1 aromatic rings. The molecule has 1 fully saturated rings. The van der Waals surface area contributed by atoms with Crippen LogP contribution in [0.15, 0.2) is 5.51 Å². The van der Waals surface area contributed by atoms with Gasteiger partial charge in [-0.3, -0.25) is 4.79 Å². The molecule has 86 valence electrons. The highest BCUT2D eigenvalue weighted by Crippen LogP contribution is 2.16. The largest absolute Gasteiger partial charge is 0.476 e. The van der Waals surface area contributed by atoms with E-state index < -0.39 is 5.97 Å². The molecule has 16 heavy (non-hydrogen) atoms. The van der Waals surface area contributed by atoms with Gasteiger partial charge in [0.2, 0.25) is 0 Å². The van der Waals surface area contributed by atoms with Crippen LogP contribution in [0.1, 0.15) is 20.2 Å². The predicted octanol–water partition coefficient (Wildman–Crippen LogP) is 0.314. The van der Waals surface area contributed by atoms with Crippen LogP contribution in [0, 0.1) is 0 Å². The van der Waals surface area contributed by atoms with Gasteiger partial charge in [0.15, 0.2) is 5.69 Å². The maximum absolute atomic E-state index is 12.0. The molecule has 0 bridgehead atoms. The number of hydrogen-bond donors (Lipinski definition) is 1. The zero-order valence-electron chi connectivity index (χ0n) is 8.38. The van der Waals surface area contributed by atoms with E-state index in [9.17, 15) is 9.59 Å². The second-order valence-electron chi connectivity index (χ2n) is 3.24. The molecule has 0 spiro atoms. The molecule has 2 rings (SSSR count). The minimum Gasteiger partial charge on any atom is -0.476 e. The van der Waals surface area contributed by atoms with E-state index in [0.29, 0.717) is 26.3 Å². The Kier molecular flexibility index (Phi) is 3.16. The van der Waals surface area contributed by atoms with Crippen LogP contribution in [-0.2, 0) is 4.74 Å². The summed E-state index contributed by atoms with van der Waals surface area (Å²) in [6, 6.07) is 0. The van der Waals surface area contributed by atoms with E-state index in [1.54, 1.807) is 4.90 Å². The maximum Gasteiger partial charge on any atom is 0.356 e. The van der Waals surface area contributed by atoms with Crippen molar-refractivity contribution in [2.24, 2.45) is 0 Å². The highest BCUT2D eigenvalue weighted by atomic mass is 32.1. The smallest absolute Gasteiger partial charge is 0.356 e. The van der Waals surface area contributed by atoms with Gasteiger partial charge in [0.1, 0.15) is 4.88 Å². The highest BCUT2D eigenvalue weighted by Gasteiger charge is 2.25. The second kappa shape index (κ2) is 4.58. The topological polar surface area (TPSA) is 79.7 Å². The lowest BCUT2D eigenvalue weighted by Gasteiger charge is -2.26. The number of aromatic nitrogens is 1. The number of carboxylic acids is 1. The second-order valence-corrected chi connectivity index (χ2v) is 4.09. The summed E-state index contributed by atoms with van der Waals surface area (Å²) < 4.78 is 5.12. The number of nitrogens with zero attached hydrogens (tertiary/aromatic N) is 2. The Bertz CT molecular complexity index is 411. The molecule has 1 aliphatic rings. The number of carbonyl (C=O) groups is 2. The predicted molar refractivity (Wildman–Crippen MR) is 55.8 cm³/mol. The van der Waals surface area contributed by atoms with Crippen LogP contribution in [0.3, 0.4) is 0 Å². The van der Waals surface area contributed by atoms with E-state index >= 15 is 0 Å². The first-order valence-electron chi connectivity index (χ1n) is 4.74. The number of carboxylic acid groups (broad SMARTS) is 1. The fraction of sp³-hybridized carbons (Fsp3) is 0.444. The molecule has 1 aromatic heterocycles. The van der Waals surface area contributed by atoms with Crippen LogP contribution in [-0.4, -0.2) is 53.2 Å². The van der Waals surface area contributed by atoms with Gasteiger partial charge in [0, 0.05) is 13.1 Å². The molecule has 7 heteroatoms. The minimum atomic E-state index is -1.17. The van der Waals surface area contributed by atoms with E-state index in [1.807, 2.05) is 0 Å². The van der Waals surface area contributed by atoms with Crippen molar-refractivity contribution in [2.75, 3.05) is 26.3 Å². The van der Waals surface area contributed by atoms with Crippen molar-refractivity contribution < 1.29 is 19.4 Å². The number of carbonyl (C=O) groups excluding carboxylic acids is 1. The summed E-state index contributed by atoms with van der Waals surface area (Å²) in [6.07, 6.45) is 0. The SMILES string of the molecule is O=C(O)c1ncsc1C(=O)N1CCOCC1. The Labute approximate surface area is 95.5 Å². The monoisotopic (exact) mass is 242 g/mol. The van der Waals surface area contributed by atoms with Crippen molar-refractivity contribution in [3.05, 3.63) is 16.1 Å². The van der Waals surface area contributed by atoms with Gasteiger partial charge in [0.05, 0.1) is 18.7 Å². The lowest BCUT2D eigenvalue weighted by atomic mass is 10.3. The summed E-state index contributed by atoms with van der Waals surface area (Å²) in [6.45, 7) is 1.98. The standard InChI is InChI=1S/C9H10N2O4S/c12-8(11-1-3-15-4-2-11)7-6(9(13)14)10-5-16-7/h5H,1-4H2,(H,13,14). The summed E-state index contributed by atoms with van der Waals surface area (Å²) in [5.74, 6) is -1.44. The van der Waals surface area contributed by atoms with E-state index in [0.717, 1.165) is 11.3 Å². The zero-order valence-corrected chi connectivity index (χ0v) is 9.20. The van der Waals surface area contributed by atoms with Crippen molar-refractivity contribution in [3.63, 3.8) is 0 Å². The molecule has 6 nitrogen and oxygen atoms in total. The first-order valence-corrected chi connectivity index (χ1v) is 5.62. The molecular formula is C9H10N2O4S. The molecule has 1 amide bonds. The molecule has 1 N–H and O–H groups in total. The normalized spacial score (nSPS) is 16.1. The molecule has 2 heterocycles. The van der Waals surface area contributed by atoms with E-state index in [2.05, 4.69) is 4.98 Å². The van der Waals surface area contributed by atoms with Crippen LogP contribution >= 0.6 is 11.3 Å². The molecule has 1 aliphatic heterocycles. The number of rotatable bonds is 2. The Morgan fingerprint density at radius 2 is 2.12 bits per heavy atom. The first-order chi connectivity index (χ1) is 7.70. The van der Waals surface area contributed by atoms with Crippen LogP contribution < -0.4 is 0 Å². The Balaban J connectivity index is 2.19. The summed E-state index contributed by atoms with van der Waals surface area (Å²) in [7, 11) is 0. The van der Waals surface area contributed by atoms with Crippen molar-refractivity contribution in [2.45, 2.75) is 0 Å². The van der Waals surface area contributed by atoms with Gasteiger partial charge in [-0.2, -0.15) is 0 Å². The number of hydrogen-bond acceptors (Lipinski definition) is 5. The van der Waals surface area contributed by atoms with Crippen molar-refractivity contribution in [3.8, 4) is 0 Å². The van der Waals surface area contributed by atoms with Crippen LogP contribution in [0.25, 0.3) is 0 Å². The van der Waals surface area contributed by atoms with Gasteiger partial charge in [-0.15, -0.1) is 11.3 Å². The molecule has 0 saturated carbocycles. The quantitative estimate of drug-likeness (QED) is 0.807. The van der Waals surface area contributed by atoms with Crippen molar-refractivity contribution in [1.29, 1.82) is 0 Å². The molecule has 1 saturated heterocycles. The number of morpholine rings is 1. The molecule has 0 aliphatic carbocycles. The fourth-order valence-corrected chi connectivity index (χ4v) is 2.21. The van der Waals surface area contributed by atoms with Gasteiger partial charge in [-0.05, 0) is 0 Å². The van der Waals surface area contributed by atoms with Crippen LogP contribution in [0.5, 0.6) is 0 Å². The third-order valence-corrected chi connectivity index (χ3v) is 3.08. The Morgan fingerprint density at radius 3 is 2.75 bits per heavy atom. The maximum atomic E-state index is 12.0. The number of aromatic carboxylic acids is 1. The third kappa shape index (κ3) is 2.05. The summed E-state index contributed by atoms with van der Waals surface area (Å²) >= 11 is 1.06. The van der Waals surface area contributed by atoms with E-state index in [4.69, 9.17) is 9.84 Å². The van der Waals surface area contributed by atoms with Gasteiger partial charge < -0.3 is 14.7 Å². The van der Waals surface area contributed by atoms with Crippen molar-refractivity contribution in [1.82, 2.24) is 9.88 Å². The molecular weight excluding hydrogens is 232 g/mol. The Hall–Kier alpha value is -1.47. The van der Waals surface area contributed by atoms with Gasteiger partial charge in [-0.25, -0.2) is 9.78 Å². The summed E-state index contributed by atoms with van der Waals surface area (Å²) in [5, 5.41) is 8.85. The fourth-order valence-electron chi connectivity index (χ4n) is 1.46. The van der Waals surface area contributed by atoms with Crippen LogP contribution in [0.4, 0.5) is 0 Å². The number of amides is 1. The summed E-state index contributed by atoms with van der Waals surface area (Å²) in [4.78, 5) is 28.2. The molecule has 0 aromatic carbocycles. The lowest BCUT2D eigenvalue weighted by molar-refractivity contribution is 0.0303. The minimum absolute atomic E-state index is 0.165. The highest BCUT2D eigenvalue weighted by molar-refractivity contribution is 7.12. The van der Waals surface area contributed by atoms with E-state index in [1.165, 1.54) is 5.51 Å². The average molecular weight is 242 g/mol. The molecule has 0 atom stereocenters. The van der Waals surface area contributed by atoms with Gasteiger partial charge >= 0.3 is 5.97 Å². The summed E-state index contributed by atoms with van der Waals surface area (Å²) in [5.41, 5.74) is 1.21. The van der Waals surface area contributed by atoms with Crippen LogP contribution in [0.2, 0.25) is 0 Å².